The maximum absolute atomic E-state index is 12.8. The molecule has 202 valence electrons. The Morgan fingerprint density at radius 1 is 0.895 bits per heavy atom. The molecule has 0 saturated heterocycles. The summed E-state index contributed by atoms with van der Waals surface area (Å²) in [6.07, 6.45) is -0.185. The summed E-state index contributed by atoms with van der Waals surface area (Å²) < 4.78 is 41.4. The molecule has 0 heterocycles. The second-order valence-electron chi connectivity index (χ2n) is 9.94. The van der Waals surface area contributed by atoms with Crippen LogP contribution in [-0.2, 0) is 35.8 Å². The van der Waals surface area contributed by atoms with Gasteiger partial charge in [0.05, 0.1) is 6.42 Å². The van der Waals surface area contributed by atoms with Gasteiger partial charge < -0.3 is 19.4 Å². The van der Waals surface area contributed by atoms with Crippen LogP contribution in [0.1, 0.15) is 49.8 Å². The molecule has 0 amide bonds. The minimum absolute atomic E-state index is 0.0261. The molecular formula is C29H33NO7S. The van der Waals surface area contributed by atoms with Crippen molar-refractivity contribution in [2.45, 2.75) is 63.2 Å². The van der Waals surface area contributed by atoms with Crippen molar-refractivity contribution in [3.8, 4) is 5.75 Å². The second kappa shape index (κ2) is 12.2. The zero-order chi connectivity index (χ0) is 27.9. The predicted octanol–water partition coefficient (Wildman–Crippen LogP) is 4.65. The van der Waals surface area contributed by atoms with Gasteiger partial charge in [0.15, 0.2) is 0 Å². The normalized spacial score (nSPS) is 13.3. The standard InChI is InChI=1S/C29H33NO7S/c1-20-10-16-24(17-11-20)38(33,34)37-23-14-12-22(13-15-23)25(27(30)28(32)36-29(2,3)4)18-26(31)35-19-21-8-6-5-7-9-21/h5-17,25,27H,18-19,30H2,1-4H3. The number of ether oxygens (including phenoxy) is 2. The Bertz CT molecular complexity index is 1330. The van der Waals surface area contributed by atoms with Gasteiger partial charge in [0, 0.05) is 5.92 Å². The Labute approximate surface area is 223 Å². The zero-order valence-electron chi connectivity index (χ0n) is 21.9. The van der Waals surface area contributed by atoms with Crippen molar-refractivity contribution in [1.29, 1.82) is 0 Å². The Kier molecular flexibility index (Phi) is 9.30. The third kappa shape index (κ3) is 8.43. The third-order valence-electron chi connectivity index (χ3n) is 5.57. The lowest BCUT2D eigenvalue weighted by molar-refractivity contribution is -0.157. The summed E-state index contributed by atoms with van der Waals surface area (Å²) in [6.45, 7) is 7.10. The number of benzene rings is 3. The molecular weight excluding hydrogens is 506 g/mol. The molecule has 0 aliphatic rings. The summed E-state index contributed by atoms with van der Waals surface area (Å²) in [5.74, 6) is -1.91. The van der Waals surface area contributed by atoms with E-state index in [1.54, 1.807) is 45.0 Å². The first-order valence-corrected chi connectivity index (χ1v) is 13.5. The Balaban J connectivity index is 1.78. The number of hydrogen-bond acceptors (Lipinski definition) is 8. The summed E-state index contributed by atoms with van der Waals surface area (Å²) in [7, 11) is -4.04. The monoisotopic (exact) mass is 539 g/mol. The molecule has 0 aliphatic heterocycles. The molecule has 2 N–H and O–H groups in total. The van der Waals surface area contributed by atoms with Crippen LogP contribution in [-0.4, -0.2) is 32.0 Å². The summed E-state index contributed by atoms with van der Waals surface area (Å²) in [4.78, 5) is 25.5. The Morgan fingerprint density at radius 2 is 1.50 bits per heavy atom. The fourth-order valence-electron chi connectivity index (χ4n) is 3.61. The first-order valence-electron chi connectivity index (χ1n) is 12.1. The summed E-state index contributed by atoms with van der Waals surface area (Å²) in [5.41, 5.74) is 7.78. The fraction of sp³-hybridized carbons (Fsp3) is 0.310. The third-order valence-corrected chi connectivity index (χ3v) is 6.83. The van der Waals surface area contributed by atoms with Gasteiger partial charge in [0.1, 0.15) is 28.9 Å². The van der Waals surface area contributed by atoms with Crippen LogP contribution >= 0.6 is 0 Å². The highest BCUT2D eigenvalue weighted by Gasteiger charge is 2.32. The SMILES string of the molecule is Cc1ccc(S(=O)(=O)Oc2ccc(C(CC(=O)OCc3ccccc3)C(N)C(=O)OC(C)(C)C)cc2)cc1. The fourth-order valence-corrected chi connectivity index (χ4v) is 4.54. The molecule has 9 heteroatoms. The maximum Gasteiger partial charge on any atom is 0.339 e. The molecule has 2 atom stereocenters. The molecule has 8 nitrogen and oxygen atoms in total. The number of rotatable bonds is 10. The number of carbonyl (C=O) groups excluding carboxylic acids is 2. The van der Waals surface area contributed by atoms with Crippen molar-refractivity contribution in [2.24, 2.45) is 5.73 Å². The van der Waals surface area contributed by atoms with Crippen molar-refractivity contribution in [2.75, 3.05) is 0 Å². The van der Waals surface area contributed by atoms with Gasteiger partial charge in [-0.15, -0.1) is 0 Å². The van der Waals surface area contributed by atoms with E-state index in [0.29, 0.717) is 5.56 Å². The van der Waals surface area contributed by atoms with E-state index in [1.807, 2.05) is 37.3 Å². The first-order chi connectivity index (χ1) is 17.8. The Hall–Kier alpha value is -3.69. The number of nitrogens with two attached hydrogens (primary N) is 1. The van der Waals surface area contributed by atoms with Crippen molar-refractivity contribution < 1.29 is 31.7 Å². The quantitative estimate of drug-likeness (QED) is 0.292. The molecule has 2 unspecified atom stereocenters. The van der Waals surface area contributed by atoms with Crippen LogP contribution in [0.2, 0.25) is 0 Å². The van der Waals surface area contributed by atoms with Gasteiger partial charge in [-0.05, 0) is 63.1 Å². The maximum atomic E-state index is 12.8. The largest absolute Gasteiger partial charge is 0.461 e. The van der Waals surface area contributed by atoms with Crippen LogP contribution in [0.3, 0.4) is 0 Å². The van der Waals surface area contributed by atoms with Crippen LogP contribution in [0, 0.1) is 6.92 Å². The molecule has 0 radical (unpaired) electrons. The molecule has 0 bridgehead atoms. The summed E-state index contributed by atoms with van der Waals surface area (Å²) in [5, 5.41) is 0. The van der Waals surface area contributed by atoms with E-state index in [-0.39, 0.29) is 23.7 Å². The molecule has 0 fully saturated rings. The van der Waals surface area contributed by atoms with Gasteiger partial charge in [-0.1, -0.05) is 60.2 Å². The van der Waals surface area contributed by atoms with E-state index < -0.39 is 39.6 Å². The van der Waals surface area contributed by atoms with E-state index in [9.17, 15) is 18.0 Å². The minimum atomic E-state index is -4.04. The molecule has 0 saturated carbocycles. The van der Waals surface area contributed by atoms with Crippen molar-refractivity contribution >= 4 is 22.1 Å². The van der Waals surface area contributed by atoms with Gasteiger partial charge in [-0.2, -0.15) is 8.42 Å². The second-order valence-corrected chi connectivity index (χ2v) is 11.5. The molecule has 0 aromatic heterocycles. The molecule has 3 aromatic rings. The summed E-state index contributed by atoms with van der Waals surface area (Å²) in [6, 6.07) is 20.4. The summed E-state index contributed by atoms with van der Waals surface area (Å²) >= 11 is 0. The van der Waals surface area contributed by atoms with Gasteiger partial charge in [-0.3, -0.25) is 9.59 Å². The highest BCUT2D eigenvalue weighted by molar-refractivity contribution is 7.87. The van der Waals surface area contributed by atoms with E-state index in [4.69, 9.17) is 19.4 Å². The van der Waals surface area contributed by atoms with Gasteiger partial charge in [0.25, 0.3) is 0 Å². The highest BCUT2D eigenvalue weighted by atomic mass is 32.2. The van der Waals surface area contributed by atoms with Crippen LogP contribution in [0.25, 0.3) is 0 Å². The molecule has 38 heavy (non-hydrogen) atoms. The molecule has 0 aliphatic carbocycles. The van der Waals surface area contributed by atoms with E-state index in [2.05, 4.69) is 0 Å². The lowest BCUT2D eigenvalue weighted by Gasteiger charge is -2.27. The van der Waals surface area contributed by atoms with Crippen LogP contribution < -0.4 is 9.92 Å². The zero-order valence-corrected chi connectivity index (χ0v) is 22.7. The average molecular weight is 540 g/mol. The van der Waals surface area contributed by atoms with Gasteiger partial charge in [0.2, 0.25) is 0 Å². The first kappa shape index (κ1) is 28.9. The Morgan fingerprint density at radius 3 is 2.08 bits per heavy atom. The molecule has 0 spiro atoms. The lowest BCUT2D eigenvalue weighted by atomic mass is 9.88. The van der Waals surface area contributed by atoms with Crippen LogP contribution in [0.4, 0.5) is 0 Å². The number of carbonyl (C=O) groups is 2. The van der Waals surface area contributed by atoms with E-state index in [0.717, 1.165) is 11.1 Å². The van der Waals surface area contributed by atoms with Crippen molar-refractivity contribution in [3.63, 3.8) is 0 Å². The van der Waals surface area contributed by atoms with Gasteiger partial charge in [-0.25, -0.2) is 0 Å². The van der Waals surface area contributed by atoms with Gasteiger partial charge >= 0.3 is 22.1 Å². The average Bonchev–Trinajstić information content (AvgIpc) is 2.86. The molecule has 3 aromatic carbocycles. The van der Waals surface area contributed by atoms with Crippen LogP contribution in [0.5, 0.6) is 5.75 Å². The number of aryl methyl sites for hydroxylation is 1. The van der Waals surface area contributed by atoms with Crippen molar-refractivity contribution in [3.05, 3.63) is 95.6 Å². The lowest BCUT2D eigenvalue weighted by Crippen LogP contribution is -2.42. The predicted molar refractivity (Wildman–Crippen MR) is 143 cm³/mol. The number of esters is 2. The highest BCUT2D eigenvalue weighted by Crippen LogP contribution is 2.28. The minimum Gasteiger partial charge on any atom is -0.461 e. The molecule has 3 rings (SSSR count). The van der Waals surface area contributed by atoms with E-state index >= 15 is 0 Å². The topological polar surface area (TPSA) is 122 Å². The van der Waals surface area contributed by atoms with Crippen LogP contribution in [0.15, 0.2) is 83.8 Å². The van der Waals surface area contributed by atoms with E-state index in [1.165, 1.54) is 24.3 Å². The smallest absolute Gasteiger partial charge is 0.339 e. The van der Waals surface area contributed by atoms with Crippen molar-refractivity contribution in [1.82, 2.24) is 0 Å². The number of hydrogen-bond donors (Lipinski definition) is 1.